The van der Waals surface area contributed by atoms with E-state index in [0.717, 1.165) is 53.7 Å². The molecule has 0 radical (unpaired) electrons. The van der Waals surface area contributed by atoms with Crippen LogP contribution in [0.15, 0.2) is 66.7 Å². The third kappa shape index (κ3) is 5.52. The summed E-state index contributed by atoms with van der Waals surface area (Å²) in [4.78, 5) is 11.7. The lowest BCUT2D eigenvalue weighted by Crippen LogP contribution is -2.32. The Morgan fingerprint density at radius 2 is 1.67 bits per heavy atom. The van der Waals surface area contributed by atoms with E-state index in [4.69, 9.17) is 24.9 Å². The lowest BCUT2D eigenvalue weighted by molar-refractivity contribution is 0.157. The Morgan fingerprint density at radius 1 is 0.917 bits per heavy atom. The van der Waals surface area contributed by atoms with E-state index in [2.05, 4.69) is 16.9 Å². The number of rotatable bonds is 8. The molecule has 2 heterocycles. The maximum atomic E-state index is 6.34. The first-order valence-electron chi connectivity index (χ1n) is 12.3. The average molecular weight is 485 g/mol. The molecule has 1 aromatic heterocycles. The SMILES string of the molecule is COc1cc2c(N)nc(-c3ccc(OCc4ccccc4)cc3)nc2cc1OCC1CCN(C)CC1. The van der Waals surface area contributed by atoms with Crippen LogP contribution in [-0.2, 0) is 6.61 Å². The summed E-state index contributed by atoms with van der Waals surface area (Å²) in [5.74, 6) is 3.59. The molecule has 0 unspecified atom stereocenters. The maximum Gasteiger partial charge on any atom is 0.163 e. The van der Waals surface area contributed by atoms with Gasteiger partial charge in [0.05, 0.1) is 19.2 Å². The van der Waals surface area contributed by atoms with Crippen LogP contribution >= 0.6 is 0 Å². The monoisotopic (exact) mass is 484 g/mol. The highest BCUT2D eigenvalue weighted by molar-refractivity contribution is 5.92. The molecule has 186 valence electrons. The highest BCUT2D eigenvalue weighted by Crippen LogP contribution is 2.35. The number of likely N-dealkylation sites (tertiary alicyclic amines) is 1. The molecule has 1 saturated heterocycles. The Labute approximate surface area is 211 Å². The highest BCUT2D eigenvalue weighted by atomic mass is 16.5. The molecule has 1 aliphatic rings. The summed E-state index contributed by atoms with van der Waals surface area (Å²) in [6.45, 7) is 3.38. The standard InChI is InChI=1S/C29H32N4O3/c1-33-14-12-21(13-15-33)19-36-27-17-25-24(16-26(27)34-2)28(30)32-29(31-25)22-8-10-23(11-9-22)35-18-20-6-4-3-5-7-20/h3-11,16-17,21H,12-15,18-19H2,1-2H3,(H2,30,31,32). The topological polar surface area (TPSA) is 82.7 Å². The Morgan fingerprint density at radius 3 is 2.39 bits per heavy atom. The molecule has 3 aromatic carbocycles. The van der Waals surface area contributed by atoms with Gasteiger partial charge in [0.1, 0.15) is 18.2 Å². The Balaban J connectivity index is 1.34. The number of fused-ring (bicyclic) bond motifs is 1. The second-order valence-corrected chi connectivity index (χ2v) is 9.31. The molecule has 1 fully saturated rings. The molecule has 0 spiro atoms. The minimum atomic E-state index is 0.402. The number of nitrogens with two attached hydrogens (primary N) is 1. The van der Waals surface area contributed by atoms with E-state index < -0.39 is 0 Å². The summed E-state index contributed by atoms with van der Waals surface area (Å²) < 4.78 is 17.7. The third-order valence-electron chi connectivity index (χ3n) is 6.68. The maximum absolute atomic E-state index is 6.34. The molecule has 2 N–H and O–H groups in total. The second kappa shape index (κ2) is 10.8. The van der Waals surface area contributed by atoms with Crippen molar-refractivity contribution in [1.82, 2.24) is 14.9 Å². The number of anilines is 1. The number of benzene rings is 3. The number of nitrogen functional groups attached to an aromatic ring is 1. The molecule has 0 bridgehead atoms. The van der Waals surface area contributed by atoms with Gasteiger partial charge < -0.3 is 24.8 Å². The quantitative estimate of drug-likeness (QED) is 0.369. The van der Waals surface area contributed by atoms with E-state index in [1.807, 2.05) is 66.7 Å². The zero-order valence-corrected chi connectivity index (χ0v) is 20.8. The zero-order valence-electron chi connectivity index (χ0n) is 20.8. The molecule has 0 aliphatic carbocycles. The van der Waals surface area contributed by atoms with Gasteiger partial charge in [-0.3, -0.25) is 0 Å². The molecule has 7 heteroatoms. The number of ether oxygens (including phenoxy) is 3. The number of hydrogen-bond donors (Lipinski definition) is 1. The molecule has 0 saturated carbocycles. The van der Waals surface area contributed by atoms with Crippen molar-refractivity contribution < 1.29 is 14.2 Å². The summed E-state index contributed by atoms with van der Waals surface area (Å²) >= 11 is 0. The summed E-state index contributed by atoms with van der Waals surface area (Å²) in [5, 5.41) is 0.741. The lowest BCUT2D eigenvalue weighted by atomic mass is 9.98. The van der Waals surface area contributed by atoms with Crippen molar-refractivity contribution in [1.29, 1.82) is 0 Å². The predicted octanol–water partition coefficient (Wildman–Crippen LogP) is 5.19. The normalized spacial score (nSPS) is 14.6. The van der Waals surface area contributed by atoms with E-state index in [0.29, 0.717) is 42.3 Å². The van der Waals surface area contributed by atoms with Crippen LogP contribution in [0, 0.1) is 5.92 Å². The van der Waals surface area contributed by atoms with Crippen molar-refractivity contribution in [2.75, 3.05) is 39.6 Å². The Bertz CT molecular complexity index is 1300. The lowest BCUT2D eigenvalue weighted by Gasteiger charge is -2.28. The minimum Gasteiger partial charge on any atom is -0.493 e. The molecule has 7 nitrogen and oxygen atoms in total. The molecule has 0 atom stereocenters. The summed E-state index contributed by atoms with van der Waals surface area (Å²) in [6.07, 6.45) is 2.27. The van der Waals surface area contributed by atoms with Gasteiger partial charge in [0, 0.05) is 17.0 Å². The van der Waals surface area contributed by atoms with E-state index in [1.54, 1.807) is 7.11 Å². The molecule has 4 aromatic rings. The van der Waals surface area contributed by atoms with Crippen LogP contribution in [0.4, 0.5) is 5.82 Å². The first-order chi connectivity index (χ1) is 17.6. The third-order valence-corrected chi connectivity index (χ3v) is 6.68. The fourth-order valence-corrected chi connectivity index (χ4v) is 4.44. The van der Waals surface area contributed by atoms with Crippen LogP contribution in [0.2, 0.25) is 0 Å². The van der Waals surface area contributed by atoms with E-state index in [1.165, 1.54) is 0 Å². The van der Waals surface area contributed by atoms with Gasteiger partial charge in [-0.2, -0.15) is 0 Å². The molecular weight excluding hydrogens is 452 g/mol. The van der Waals surface area contributed by atoms with Crippen LogP contribution < -0.4 is 19.9 Å². The van der Waals surface area contributed by atoms with Gasteiger partial charge in [-0.05, 0) is 74.8 Å². The molecule has 0 amide bonds. The van der Waals surface area contributed by atoms with E-state index in [-0.39, 0.29) is 0 Å². The zero-order chi connectivity index (χ0) is 24.9. The number of aromatic nitrogens is 2. The number of piperidine rings is 1. The van der Waals surface area contributed by atoms with Crippen molar-refractivity contribution in [3.63, 3.8) is 0 Å². The first-order valence-corrected chi connectivity index (χ1v) is 12.3. The smallest absolute Gasteiger partial charge is 0.163 e. The molecule has 5 rings (SSSR count). The molecule has 36 heavy (non-hydrogen) atoms. The van der Waals surface area contributed by atoms with Gasteiger partial charge in [0.25, 0.3) is 0 Å². The van der Waals surface area contributed by atoms with Crippen LogP contribution in [0.3, 0.4) is 0 Å². The van der Waals surface area contributed by atoms with E-state index in [9.17, 15) is 0 Å². The van der Waals surface area contributed by atoms with Gasteiger partial charge in [0.15, 0.2) is 17.3 Å². The van der Waals surface area contributed by atoms with E-state index >= 15 is 0 Å². The van der Waals surface area contributed by atoms with Gasteiger partial charge in [-0.15, -0.1) is 0 Å². The Kier molecular flexibility index (Phi) is 7.18. The van der Waals surface area contributed by atoms with Gasteiger partial charge in [-0.25, -0.2) is 9.97 Å². The van der Waals surface area contributed by atoms with Gasteiger partial charge in [0.2, 0.25) is 0 Å². The number of hydrogen-bond acceptors (Lipinski definition) is 7. The second-order valence-electron chi connectivity index (χ2n) is 9.31. The average Bonchev–Trinajstić information content (AvgIpc) is 2.92. The number of methoxy groups -OCH3 is 1. The summed E-state index contributed by atoms with van der Waals surface area (Å²) in [7, 11) is 3.80. The van der Waals surface area contributed by atoms with Crippen molar-refractivity contribution >= 4 is 16.7 Å². The number of nitrogens with zero attached hydrogens (tertiary/aromatic N) is 3. The van der Waals surface area contributed by atoms with Crippen molar-refractivity contribution in [2.24, 2.45) is 5.92 Å². The highest BCUT2D eigenvalue weighted by Gasteiger charge is 2.19. The Hall–Kier alpha value is -3.84. The minimum absolute atomic E-state index is 0.402. The van der Waals surface area contributed by atoms with Crippen LogP contribution in [0.1, 0.15) is 18.4 Å². The summed E-state index contributed by atoms with van der Waals surface area (Å²) in [5.41, 5.74) is 9.04. The van der Waals surface area contributed by atoms with Crippen LogP contribution in [-0.4, -0.2) is 48.7 Å². The van der Waals surface area contributed by atoms with Crippen molar-refractivity contribution in [2.45, 2.75) is 19.4 Å². The largest absolute Gasteiger partial charge is 0.493 e. The van der Waals surface area contributed by atoms with Crippen molar-refractivity contribution in [3.8, 4) is 28.6 Å². The first kappa shape index (κ1) is 23.9. The van der Waals surface area contributed by atoms with Gasteiger partial charge in [-0.1, -0.05) is 30.3 Å². The van der Waals surface area contributed by atoms with Crippen molar-refractivity contribution in [3.05, 3.63) is 72.3 Å². The van der Waals surface area contributed by atoms with Crippen LogP contribution in [0.5, 0.6) is 17.2 Å². The molecule has 1 aliphatic heterocycles. The van der Waals surface area contributed by atoms with Crippen LogP contribution in [0.25, 0.3) is 22.3 Å². The fourth-order valence-electron chi connectivity index (χ4n) is 4.44. The fraction of sp³-hybridized carbons (Fsp3) is 0.310. The summed E-state index contributed by atoms with van der Waals surface area (Å²) in [6, 6.07) is 21.6. The van der Waals surface area contributed by atoms with Gasteiger partial charge >= 0.3 is 0 Å². The molecular formula is C29H32N4O3. The predicted molar refractivity (Wildman–Crippen MR) is 142 cm³/mol.